The third kappa shape index (κ3) is 4.10. The molecule has 0 amide bonds. The molecule has 0 fully saturated rings. The Hall–Kier alpha value is -0.100. The van der Waals surface area contributed by atoms with E-state index in [9.17, 15) is 4.79 Å². The van der Waals surface area contributed by atoms with Gasteiger partial charge in [-0.15, -0.1) is 0 Å². The summed E-state index contributed by atoms with van der Waals surface area (Å²) in [5.74, 6) is -0.300. The number of hydrogen-bond acceptors (Lipinski definition) is 2. The Balaban J connectivity index is 2.92. The first-order chi connectivity index (χ1) is 6.79. The summed E-state index contributed by atoms with van der Waals surface area (Å²) in [6.45, 7) is 5.56. The standard InChI is InChI=1S/C11H12BrIO2/c1-11(2,3)15-10(14)8-5-4-7(13)6-9(8)12/h4-6H,1-3H3. The zero-order valence-corrected chi connectivity index (χ0v) is 12.5. The molecule has 0 aliphatic carbocycles. The summed E-state index contributed by atoms with van der Waals surface area (Å²) < 4.78 is 7.12. The van der Waals surface area contributed by atoms with E-state index >= 15 is 0 Å². The second-order valence-electron chi connectivity index (χ2n) is 4.13. The van der Waals surface area contributed by atoms with Crippen LogP contribution in [0.3, 0.4) is 0 Å². The molecule has 0 N–H and O–H groups in total. The van der Waals surface area contributed by atoms with Crippen molar-refractivity contribution in [3.05, 3.63) is 31.8 Å². The van der Waals surface area contributed by atoms with Gasteiger partial charge in [-0.1, -0.05) is 0 Å². The second-order valence-corrected chi connectivity index (χ2v) is 6.23. The molecule has 0 heterocycles. The Morgan fingerprint density at radius 1 is 1.40 bits per heavy atom. The van der Waals surface area contributed by atoms with E-state index in [1.54, 1.807) is 6.07 Å². The fourth-order valence-corrected chi connectivity index (χ4v) is 2.45. The van der Waals surface area contributed by atoms with Gasteiger partial charge in [-0.05, 0) is 77.5 Å². The Kier molecular flexibility index (Phi) is 4.17. The van der Waals surface area contributed by atoms with E-state index in [4.69, 9.17) is 4.74 Å². The minimum Gasteiger partial charge on any atom is -0.456 e. The van der Waals surface area contributed by atoms with E-state index in [0.717, 1.165) is 8.04 Å². The first-order valence-corrected chi connectivity index (χ1v) is 6.35. The number of ether oxygens (including phenoxy) is 1. The number of carbonyl (C=O) groups excluding carboxylic acids is 1. The number of benzene rings is 1. The fourth-order valence-electron chi connectivity index (χ4n) is 0.988. The zero-order chi connectivity index (χ0) is 11.6. The first kappa shape index (κ1) is 13.0. The molecule has 0 aliphatic rings. The maximum absolute atomic E-state index is 11.7. The molecular weight excluding hydrogens is 371 g/mol. The van der Waals surface area contributed by atoms with Crippen molar-refractivity contribution >= 4 is 44.5 Å². The molecule has 0 atom stereocenters. The van der Waals surface area contributed by atoms with Gasteiger partial charge in [0.1, 0.15) is 5.60 Å². The maximum Gasteiger partial charge on any atom is 0.339 e. The molecule has 0 aromatic heterocycles. The lowest BCUT2D eigenvalue weighted by Crippen LogP contribution is -2.24. The lowest BCUT2D eigenvalue weighted by Gasteiger charge is -2.19. The lowest BCUT2D eigenvalue weighted by atomic mass is 10.2. The van der Waals surface area contributed by atoms with Crippen LogP contribution in [0.25, 0.3) is 0 Å². The normalized spacial score (nSPS) is 11.3. The highest BCUT2D eigenvalue weighted by atomic mass is 127. The number of hydrogen-bond donors (Lipinski definition) is 0. The number of rotatable bonds is 1. The Labute approximate surface area is 112 Å². The van der Waals surface area contributed by atoms with Crippen molar-refractivity contribution in [2.24, 2.45) is 0 Å². The molecule has 82 valence electrons. The summed E-state index contributed by atoms with van der Waals surface area (Å²) >= 11 is 5.54. The predicted molar refractivity (Wildman–Crippen MR) is 72.0 cm³/mol. The molecule has 0 spiro atoms. The summed E-state index contributed by atoms with van der Waals surface area (Å²) in [5, 5.41) is 0. The third-order valence-corrected chi connectivity index (χ3v) is 2.88. The Morgan fingerprint density at radius 2 is 2.00 bits per heavy atom. The van der Waals surface area contributed by atoms with E-state index in [1.807, 2.05) is 32.9 Å². The number of halogens is 2. The van der Waals surface area contributed by atoms with Crippen molar-refractivity contribution in [2.45, 2.75) is 26.4 Å². The molecule has 0 saturated heterocycles. The third-order valence-electron chi connectivity index (χ3n) is 1.55. The molecule has 2 nitrogen and oxygen atoms in total. The highest BCUT2D eigenvalue weighted by Crippen LogP contribution is 2.22. The number of carbonyl (C=O) groups is 1. The van der Waals surface area contributed by atoms with E-state index in [0.29, 0.717) is 5.56 Å². The van der Waals surface area contributed by atoms with E-state index in [1.165, 1.54) is 0 Å². The highest BCUT2D eigenvalue weighted by molar-refractivity contribution is 14.1. The second kappa shape index (κ2) is 4.82. The molecule has 1 rings (SSSR count). The summed E-state index contributed by atoms with van der Waals surface area (Å²) in [7, 11) is 0. The van der Waals surface area contributed by atoms with Crippen LogP contribution >= 0.6 is 38.5 Å². The van der Waals surface area contributed by atoms with Crippen molar-refractivity contribution in [2.75, 3.05) is 0 Å². The van der Waals surface area contributed by atoms with Crippen molar-refractivity contribution in [1.82, 2.24) is 0 Å². The van der Waals surface area contributed by atoms with Gasteiger partial charge in [0, 0.05) is 8.04 Å². The van der Waals surface area contributed by atoms with Gasteiger partial charge in [0.05, 0.1) is 5.56 Å². The quantitative estimate of drug-likeness (QED) is 0.541. The van der Waals surface area contributed by atoms with Crippen LogP contribution in [0.1, 0.15) is 31.1 Å². The van der Waals surface area contributed by atoms with Crippen LogP contribution in [-0.2, 0) is 4.74 Å². The van der Waals surface area contributed by atoms with E-state index < -0.39 is 5.60 Å². The molecule has 0 radical (unpaired) electrons. The molecule has 0 unspecified atom stereocenters. The molecule has 1 aromatic carbocycles. The summed E-state index contributed by atoms with van der Waals surface area (Å²) in [5.41, 5.74) is 0.102. The highest BCUT2D eigenvalue weighted by Gasteiger charge is 2.19. The van der Waals surface area contributed by atoms with Crippen LogP contribution in [0.4, 0.5) is 0 Å². The van der Waals surface area contributed by atoms with Crippen LogP contribution in [-0.4, -0.2) is 11.6 Å². The van der Waals surface area contributed by atoms with Crippen molar-refractivity contribution < 1.29 is 9.53 Å². The minimum atomic E-state index is -0.459. The van der Waals surface area contributed by atoms with Gasteiger partial charge in [-0.2, -0.15) is 0 Å². The zero-order valence-electron chi connectivity index (χ0n) is 8.80. The SMILES string of the molecule is CC(C)(C)OC(=O)c1ccc(I)cc1Br. The summed E-state index contributed by atoms with van der Waals surface area (Å²) in [4.78, 5) is 11.7. The largest absolute Gasteiger partial charge is 0.456 e. The van der Waals surface area contributed by atoms with Crippen LogP contribution in [0.15, 0.2) is 22.7 Å². The van der Waals surface area contributed by atoms with Gasteiger partial charge in [0.15, 0.2) is 0 Å². The van der Waals surface area contributed by atoms with Crippen LogP contribution in [0.5, 0.6) is 0 Å². The predicted octanol–water partition coefficient (Wildman–Crippen LogP) is 4.01. The van der Waals surface area contributed by atoms with Crippen molar-refractivity contribution in [1.29, 1.82) is 0 Å². The molecule has 15 heavy (non-hydrogen) atoms. The van der Waals surface area contributed by atoms with Gasteiger partial charge in [0.25, 0.3) is 0 Å². The molecule has 1 aromatic rings. The molecule has 0 bridgehead atoms. The van der Waals surface area contributed by atoms with E-state index in [2.05, 4.69) is 38.5 Å². The number of esters is 1. The molecule has 0 saturated carbocycles. The minimum absolute atomic E-state index is 0.300. The van der Waals surface area contributed by atoms with Crippen molar-refractivity contribution in [3.63, 3.8) is 0 Å². The van der Waals surface area contributed by atoms with Gasteiger partial charge in [-0.3, -0.25) is 0 Å². The maximum atomic E-state index is 11.7. The monoisotopic (exact) mass is 382 g/mol. The molecular formula is C11H12BrIO2. The van der Waals surface area contributed by atoms with Gasteiger partial charge in [-0.25, -0.2) is 4.79 Å². The van der Waals surface area contributed by atoms with Gasteiger partial charge < -0.3 is 4.74 Å². The molecule has 4 heteroatoms. The topological polar surface area (TPSA) is 26.3 Å². The van der Waals surface area contributed by atoms with Crippen molar-refractivity contribution in [3.8, 4) is 0 Å². The smallest absolute Gasteiger partial charge is 0.339 e. The first-order valence-electron chi connectivity index (χ1n) is 4.48. The van der Waals surface area contributed by atoms with Gasteiger partial charge in [0.2, 0.25) is 0 Å². The Morgan fingerprint density at radius 3 is 2.47 bits per heavy atom. The van der Waals surface area contributed by atoms with Crippen LogP contribution in [0.2, 0.25) is 0 Å². The van der Waals surface area contributed by atoms with E-state index in [-0.39, 0.29) is 5.97 Å². The van der Waals surface area contributed by atoms with Crippen LogP contribution in [0, 0.1) is 3.57 Å². The van der Waals surface area contributed by atoms with Crippen LogP contribution < -0.4 is 0 Å². The molecule has 0 aliphatic heterocycles. The summed E-state index contributed by atoms with van der Waals surface area (Å²) in [6, 6.07) is 5.53. The fraction of sp³-hybridized carbons (Fsp3) is 0.364. The van der Waals surface area contributed by atoms with Gasteiger partial charge >= 0.3 is 5.97 Å². The Bertz CT molecular complexity index is 383. The summed E-state index contributed by atoms with van der Waals surface area (Å²) in [6.07, 6.45) is 0. The average Bonchev–Trinajstić information content (AvgIpc) is 1.99. The average molecular weight is 383 g/mol. The lowest BCUT2D eigenvalue weighted by molar-refractivity contribution is 0.00685.